The summed E-state index contributed by atoms with van der Waals surface area (Å²) < 4.78 is 0. The topological polar surface area (TPSA) is 52.6 Å². The lowest BCUT2D eigenvalue weighted by Crippen LogP contribution is -2.56. The number of aliphatic hydroxyl groups is 1. The molecule has 0 aliphatic heterocycles. The Morgan fingerprint density at radius 3 is 2.57 bits per heavy atom. The molecule has 2 N–H and O–H groups in total. The van der Waals surface area contributed by atoms with Crippen molar-refractivity contribution in [2.45, 2.75) is 31.7 Å². The fourth-order valence-corrected chi connectivity index (χ4v) is 1.57. The molecule has 82 valence electrons. The zero-order valence-corrected chi connectivity index (χ0v) is 9.05. The predicted octanol–water partition coefficient (Wildman–Crippen LogP) is -0.0307. The number of aliphatic hydroxyl groups excluding tert-OH is 1. The quantitative estimate of drug-likeness (QED) is 0.655. The van der Waals surface area contributed by atoms with E-state index in [1.807, 2.05) is 6.92 Å². The molecule has 0 radical (unpaired) electrons. The number of likely N-dealkylation sites (N-methyl/N-ethyl adjacent to an activating group) is 1. The van der Waals surface area contributed by atoms with Crippen LogP contribution in [-0.2, 0) is 4.79 Å². The largest absolute Gasteiger partial charge is 0.394 e. The highest BCUT2D eigenvalue weighted by atomic mass is 16.3. The van der Waals surface area contributed by atoms with Crippen LogP contribution in [0, 0.1) is 0 Å². The molecule has 1 fully saturated rings. The summed E-state index contributed by atoms with van der Waals surface area (Å²) >= 11 is 0. The molecule has 0 unspecified atom stereocenters. The maximum absolute atomic E-state index is 11.5. The highest BCUT2D eigenvalue weighted by Crippen LogP contribution is 2.30. The van der Waals surface area contributed by atoms with Gasteiger partial charge in [-0.15, -0.1) is 0 Å². The Bertz CT molecular complexity index is 197. The first-order chi connectivity index (χ1) is 6.63. The van der Waals surface area contributed by atoms with Crippen molar-refractivity contribution in [2.24, 2.45) is 0 Å². The number of nitrogens with one attached hydrogen (secondary N) is 1. The van der Waals surface area contributed by atoms with Gasteiger partial charge in [0.05, 0.1) is 13.2 Å². The van der Waals surface area contributed by atoms with Gasteiger partial charge in [0, 0.05) is 19.1 Å². The minimum Gasteiger partial charge on any atom is -0.394 e. The minimum absolute atomic E-state index is 0.0900. The average Bonchev–Trinajstić information content (AvgIpc) is 2.15. The Morgan fingerprint density at radius 2 is 2.21 bits per heavy atom. The number of nitrogens with zero attached hydrogens (tertiary/aromatic N) is 1. The van der Waals surface area contributed by atoms with Gasteiger partial charge in [0.1, 0.15) is 0 Å². The molecule has 1 aliphatic rings. The summed E-state index contributed by atoms with van der Waals surface area (Å²) in [6.45, 7) is 3.15. The number of carbonyl (C=O) groups is 1. The molecule has 0 heterocycles. The second-order valence-electron chi connectivity index (χ2n) is 4.05. The van der Waals surface area contributed by atoms with E-state index in [-0.39, 0.29) is 18.1 Å². The number of carbonyl (C=O) groups excluding carboxylic acids is 1. The third kappa shape index (κ3) is 2.45. The van der Waals surface area contributed by atoms with Crippen LogP contribution >= 0.6 is 0 Å². The third-order valence-electron chi connectivity index (χ3n) is 3.13. The standard InChI is InChI=1S/C10H20N2O2/c1-3-12(2)9(14)7-11-10(8-13)5-4-6-10/h11,13H,3-8H2,1-2H3. The molecule has 1 rings (SSSR count). The summed E-state index contributed by atoms with van der Waals surface area (Å²) in [4.78, 5) is 13.1. The average molecular weight is 200 g/mol. The van der Waals surface area contributed by atoms with Crippen molar-refractivity contribution >= 4 is 5.91 Å². The Morgan fingerprint density at radius 1 is 1.57 bits per heavy atom. The van der Waals surface area contributed by atoms with E-state index >= 15 is 0 Å². The summed E-state index contributed by atoms with van der Waals surface area (Å²) in [6, 6.07) is 0. The van der Waals surface area contributed by atoms with Crippen molar-refractivity contribution in [3.05, 3.63) is 0 Å². The molecule has 4 nitrogen and oxygen atoms in total. The van der Waals surface area contributed by atoms with Crippen LogP contribution in [0.25, 0.3) is 0 Å². The van der Waals surface area contributed by atoms with Crippen LogP contribution in [0.15, 0.2) is 0 Å². The van der Waals surface area contributed by atoms with E-state index in [0.717, 1.165) is 25.8 Å². The smallest absolute Gasteiger partial charge is 0.236 e. The lowest BCUT2D eigenvalue weighted by atomic mass is 9.77. The van der Waals surface area contributed by atoms with Crippen LogP contribution in [0.5, 0.6) is 0 Å². The van der Waals surface area contributed by atoms with Gasteiger partial charge in [-0.05, 0) is 26.2 Å². The van der Waals surface area contributed by atoms with E-state index in [4.69, 9.17) is 5.11 Å². The van der Waals surface area contributed by atoms with Gasteiger partial charge in [-0.2, -0.15) is 0 Å². The first kappa shape index (κ1) is 11.5. The van der Waals surface area contributed by atoms with Crippen LogP contribution in [0.4, 0.5) is 0 Å². The van der Waals surface area contributed by atoms with Crippen LogP contribution in [0.1, 0.15) is 26.2 Å². The number of hydrogen-bond acceptors (Lipinski definition) is 3. The minimum atomic E-state index is -0.162. The summed E-state index contributed by atoms with van der Waals surface area (Å²) in [6.07, 6.45) is 3.10. The predicted molar refractivity (Wildman–Crippen MR) is 55.0 cm³/mol. The van der Waals surface area contributed by atoms with Gasteiger partial charge in [-0.1, -0.05) is 0 Å². The normalized spacial score (nSPS) is 18.8. The molecule has 4 heteroatoms. The Labute approximate surface area is 85.3 Å². The summed E-state index contributed by atoms with van der Waals surface area (Å²) in [5.74, 6) is 0.0900. The molecule has 1 aliphatic carbocycles. The van der Waals surface area contributed by atoms with Crippen molar-refractivity contribution in [2.75, 3.05) is 26.7 Å². The van der Waals surface area contributed by atoms with Crippen LogP contribution in [0.2, 0.25) is 0 Å². The summed E-state index contributed by atoms with van der Waals surface area (Å²) in [7, 11) is 1.79. The van der Waals surface area contributed by atoms with Crippen molar-refractivity contribution in [3.63, 3.8) is 0 Å². The fourth-order valence-electron chi connectivity index (χ4n) is 1.57. The lowest BCUT2D eigenvalue weighted by molar-refractivity contribution is -0.129. The first-order valence-corrected chi connectivity index (χ1v) is 5.23. The van der Waals surface area contributed by atoms with E-state index in [0.29, 0.717) is 6.54 Å². The monoisotopic (exact) mass is 200 g/mol. The van der Waals surface area contributed by atoms with Gasteiger partial charge in [0.2, 0.25) is 5.91 Å². The first-order valence-electron chi connectivity index (χ1n) is 5.23. The van der Waals surface area contributed by atoms with Gasteiger partial charge in [-0.3, -0.25) is 4.79 Å². The molecular formula is C10H20N2O2. The van der Waals surface area contributed by atoms with Gasteiger partial charge in [0.15, 0.2) is 0 Å². The molecule has 0 aromatic rings. The van der Waals surface area contributed by atoms with Crippen molar-refractivity contribution in [1.82, 2.24) is 10.2 Å². The molecule has 0 saturated heterocycles. The Hall–Kier alpha value is -0.610. The molecule has 0 aromatic heterocycles. The molecular weight excluding hydrogens is 180 g/mol. The Balaban J connectivity index is 2.28. The number of rotatable bonds is 5. The molecule has 0 spiro atoms. The second-order valence-corrected chi connectivity index (χ2v) is 4.05. The maximum Gasteiger partial charge on any atom is 0.236 e. The Kier molecular flexibility index (Phi) is 3.89. The van der Waals surface area contributed by atoms with E-state index in [9.17, 15) is 4.79 Å². The van der Waals surface area contributed by atoms with E-state index in [2.05, 4.69) is 5.32 Å². The fraction of sp³-hybridized carbons (Fsp3) is 0.900. The lowest BCUT2D eigenvalue weighted by Gasteiger charge is -2.41. The molecule has 1 amide bonds. The summed E-state index contributed by atoms with van der Waals surface area (Å²) in [5.41, 5.74) is -0.162. The molecule has 14 heavy (non-hydrogen) atoms. The number of amides is 1. The van der Waals surface area contributed by atoms with Crippen molar-refractivity contribution < 1.29 is 9.90 Å². The van der Waals surface area contributed by atoms with Crippen molar-refractivity contribution in [3.8, 4) is 0 Å². The summed E-state index contributed by atoms with van der Waals surface area (Å²) in [5, 5.41) is 12.3. The van der Waals surface area contributed by atoms with E-state index in [1.54, 1.807) is 11.9 Å². The molecule has 0 bridgehead atoms. The number of hydrogen-bond donors (Lipinski definition) is 2. The van der Waals surface area contributed by atoms with Gasteiger partial charge < -0.3 is 15.3 Å². The van der Waals surface area contributed by atoms with Crippen molar-refractivity contribution in [1.29, 1.82) is 0 Å². The SMILES string of the molecule is CCN(C)C(=O)CNC1(CO)CCC1. The van der Waals surface area contributed by atoms with Gasteiger partial charge in [0.25, 0.3) is 0 Å². The van der Waals surface area contributed by atoms with Crippen LogP contribution < -0.4 is 5.32 Å². The molecule has 0 aromatic carbocycles. The third-order valence-corrected chi connectivity index (χ3v) is 3.13. The zero-order valence-electron chi connectivity index (χ0n) is 9.05. The maximum atomic E-state index is 11.5. The van der Waals surface area contributed by atoms with E-state index < -0.39 is 0 Å². The zero-order chi connectivity index (χ0) is 10.6. The van der Waals surface area contributed by atoms with Gasteiger partial charge in [-0.25, -0.2) is 0 Å². The molecule has 1 saturated carbocycles. The highest BCUT2D eigenvalue weighted by Gasteiger charge is 2.36. The van der Waals surface area contributed by atoms with Crippen LogP contribution in [-0.4, -0.2) is 48.2 Å². The molecule has 0 atom stereocenters. The van der Waals surface area contributed by atoms with E-state index in [1.165, 1.54) is 0 Å². The van der Waals surface area contributed by atoms with Gasteiger partial charge >= 0.3 is 0 Å². The second kappa shape index (κ2) is 4.75. The van der Waals surface area contributed by atoms with Crippen LogP contribution in [0.3, 0.4) is 0 Å². The highest BCUT2D eigenvalue weighted by molar-refractivity contribution is 5.78.